The van der Waals surface area contributed by atoms with Gasteiger partial charge in [0.1, 0.15) is 12.6 Å². The van der Waals surface area contributed by atoms with Crippen molar-refractivity contribution in [3.8, 4) is 0 Å². The zero-order chi connectivity index (χ0) is 32.8. The molecule has 0 radical (unpaired) electrons. The van der Waals surface area contributed by atoms with Crippen LogP contribution in [0.25, 0.3) is 0 Å². The molecule has 0 bridgehead atoms. The van der Waals surface area contributed by atoms with Gasteiger partial charge in [-0.3, -0.25) is 13.9 Å². The maximum Gasteiger partial charge on any atom is 0.264 e. The zero-order valence-electron chi connectivity index (χ0n) is 26.9. The summed E-state index contributed by atoms with van der Waals surface area (Å²) in [5, 5.41) is 3.06. The van der Waals surface area contributed by atoms with Crippen molar-refractivity contribution in [3.05, 3.63) is 131 Å². The second kappa shape index (κ2) is 14.1. The Morgan fingerprint density at radius 3 is 2.04 bits per heavy atom. The number of carbonyl (C=O) groups excluding carboxylic acids is 2. The standard InChI is InChI=1S/C37H43N3O4S/c1-27-19-21-33(22-20-27)45(43,44)40(32-18-12-13-28(2)23-32)26-35(41)39(25-31-17-11-10-14-29(31)3)34(36(42)38-37(4,5)6)24-30-15-8-7-9-16-30/h7-23,34H,24-26H2,1-6H3,(H,38,42)/t34-/m0/s1. The Balaban J connectivity index is 1.83. The largest absolute Gasteiger partial charge is 0.350 e. The summed E-state index contributed by atoms with van der Waals surface area (Å²) in [5.41, 5.74) is 4.32. The lowest BCUT2D eigenvalue weighted by molar-refractivity contribution is -0.140. The monoisotopic (exact) mass is 625 g/mol. The van der Waals surface area contributed by atoms with Crippen molar-refractivity contribution in [3.63, 3.8) is 0 Å². The van der Waals surface area contributed by atoms with Crippen LogP contribution >= 0.6 is 0 Å². The second-order valence-electron chi connectivity index (χ2n) is 12.6. The predicted octanol–water partition coefficient (Wildman–Crippen LogP) is 6.36. The zero-order valence-corrected chi connectivity index (χ0v) is 27.8. The highest BCUT2D eigenvalue weighted by atomic mass is 32.2. The molecule has 0 saturated carbocycles. The van der Waals surface area contributed by atoms with Crippen molar-refractivity contribution < 1.29 is 18.0 Å². The van der Waals surface area contributed by atoms with E-state index >= 15 is 0 Å². The average molecular weight is 626 g/mol. The molecule has 0 fully saturated rings. The number of hydrogen-bond acceptors (Lipinski definition) is 4. The van der Waals surface area contributed by atoms with E-state index in [1.165, 1.54) is 4.90 Å². The summed E-state index contributed by atoms with van der Waals surface area (Å²) >= 11 is 0. The van der Waals surface area contributed by atoms with Gasteiger partial charge in [0, 0.05) is 18.5 Å². The Bertz CT molecular complexity index is 1730. The minimum Gasteiger partial charge on any atom is -0.350 e. The van der Waals surface area contributed by atoms with Gasteiger partial charge in [0.05, 0.1) is 10.6 Å². The molecule has 0 saturated heterocycles. The first-order valence-corrected chi connectivity index (χ1v) is 16.5. The lowest BCUT2D eigenvalue weighted by Gasteiger charge is -2.35. The number of nitrogens with one attached hydrogen (secondary N) is 1. The van der Waals surface area contributed by atoms with Crippen LogP contribution in [0.1, 0.15) is 48.6 Å². The highest BCUT2D eigenvalue weighted by Crippen LogP contribution is 2.26. The number of nitrogens with zero attached hydrogens (tertiary/aromatic N) is 2. The third kappa shape index (κ3) is 8.82. The highest BCUT2D eigenvalue weighted by molar-refractivity contribution is 7.92. The van der Waals surface area contributed by atoms with E-state index in [9.17, 15) is 18.0 Å². The Morgan fingerprint density at radius 1 is 0.778 bits per heavy atom. The molecule has 0 aliphatic rings. The fraction of sp³-hybridized carbons (Fsp3) is 0.297. The summed E-state index contributed by atoms with van der Waals surface area (Å²) in [6.45, 7) is 11.0. The van der Waals surface area contributed by atoms with Crippen LogP contribution in [0.4, 0.5) is 5.69 Å². The molecular formula is C37H43N3O4S. The number of hydrogen-bond donors (Lipinski definition) is 1. The Morgan fingerprint density at radius 2 is 1.42 bits per heavy atom. The van der Waals surface area contributed by atoms with E-state index in [4.69, 9.17) is 0 Å². The van der Waals surface area contributed by atoms with E-state index in [1.54, 1.807) is 42.5 Å². The van der Waals surface area contributed by atoms with E-state index in [1.807, 2.05) is 102 Å². The van der Waals surface area contributed by atoms with Crippen LogP contribution < -0.4 is 9.62 Å². The third-order valence-electron chi connectivity index (χ3n) is 7.55. The van der Waals surface area contributed by atoms with Crippen molar-refractivity contribution in [1.82, 2.24) is 10.2 Å². The van der Waals surface area contributed by atoms with Crippen LogP contribution in [-0.2, 0) is 32.6 Å². The first kappa shape index (κ1) is 33.5. The molecule has 0 aliphatic heterocycles. The normalized spacial score (nSPS) is 12.3. The van der Waals surface area contributed by atoms with Crippen molar-refractivity contribution in [1.29, 1.82) is 0 Å². The minimum atomic E-state index is -4.15. The van der Waals surface area contributed by atoms with E-state index in [2.05, 4.69) is 5.32 Å². The number of aryl methyl sites for hydroxylation is 3. The van der Waals surface area contributed by atoms with Gasteiger partial charge >= 0.3 is 0 Å². The molecule has 0 spiro atoms. The molecule has 4 aromatic rings. The molecule has 0 aliphatic carbocycles. The van der Waals surface area contributed by atoms with Gasteiger partial charge in [-0.2, -0.15) is 0 Å². The van der Waals surface area contributed by atoms with Crippen LogP contribution in [0.15, 0.2) is 108 Å². The Hall–Kier alpha value is -4.43. The van der Waals surface area contributed by atoms with Crippen molar-refractivity contribution in [2.45, 2.75) is 71.0 Å². The fourth-order valence-electron chi connectivity index (χ4n) is 5.13. The van der Waals surface area contributed by atoms with E-state index in [-0.39, 0.29) is 23.8 Å². The summed E-state index contributed by atoms with van der Waals surface area (Å²) in [6, 6.07) is 30.0. The van der Waals surface area contributed by atoms with Gasteiger partial charge in [-0.1, -0.05) is 84.4 Å². The van der Waals surface area contributed by atoms with Crippen LogP contribution in [0, 0.1) is 20.8 Å². The third-order valence-corrected chi connectivity index (χ3v) is 9.34. The summed E-state index contributed by atoms with van der Waals surface area (Å²) in [4.78, 5) is 30.2. The predicted molar refractivity (Wildman–Crippen MR) is 180 cm³/mol. The van der Waals surface area contributed by atoms with Gasteiger partial charge < -0.3 is 10.2 Å². The van der Waals surface area contributed by atoms with Gasteiger partial charge in [0.25, 0.3) is 10.0 Å². The lowest BCUT2D eigenvalue weighted by atomic mass is 10.00. The maximum atomic E-state index is 14.6. The van der Waals surface area contributed by atoms with Crippen LogP contribution in [0.2, 0.25) is 0 Å². The van der Waals surface area contributed by atoms with Gasteiger partial charge in [0.15, 0.2) is 0 Å². The minimum absolute atomic E-state index is 0.0826. The van der Waals surface area contributed by atoms with Crippen LogP contribution in [0.3, 0.4) is 0 Å². The summed E-state index contributed by atoms with van der Waals surface area (Å²) in [5.74, 6) is -0.794. The van der Waals surface area contributed by atoms with Gasteiger partial charge in [-0.25, -0.2) is 8.42 Å². The molecule has 4 rings (SSSR count). The number of sulfonamides is 1. The first-order chi connectivity index (χ1) is 21.2. The molecular weight excluding hydrogens is 582 g/mol. The van der Waals surface area contributed by atoms with Crippen molar-refractivity contribution in [2.24, 2.45) is 0 Å². The molecule has 0 aromatic heterocycles. The number of carbonyl (C=O) groups is 2. The number of anilines is 1. The number of rotatable bonds is 11. The number of amides is 2. The van der Waals surface area contributed by atoms with Crippen LogP contribution in [0.5, 0.6) is 0 Å². The molecule has 8 heteroatoms. The summed E-state index contributed by atoms with van der Waals surface area (Å²) < 4.78 is 29.5. The van der Waals surface area contributed by atoms with Gasteiger partial charge in [-0.15, -0.1) is 0 Å². The van der Waals surface area contributed by atoms with E-state index in [0.29, 0.717) is 5.69 Å². The maximum absolute atomic E-state index is 14.6. The fourth-order valence-corrected chi connectivity index (χ4v) is 6.53. The quantitative estimate of drug-likeness (QED) is 0.210. The molecule has 45 heavy (non-hydrogen) atoms. The Kier molecular flexibility index (Phi) is 10.5. The highest BCUT2D eigenvalue weighted by Gasteiger charge is 2.35. The van der Waals surface area contributed by atoms with Crippen molar-refractivity contribution >= 4 is 27.5 Å². The molecule has 7 nitrogen and oxygen atoms in total. The van der Waals surface area contributed by atoms with Gasteiger partial charge in [-0.05, 0) is 88.1 Å². The van der Waals surface area contributed by atoms with Gasteiger partial charge in [0.2, 0.25) is 11.8 Å². The average Bonchev–Trinajstić information content (AvgIpc) is 2.98. The SMILES string of the molecule is Cc1ccc(S(=O)(=O)N(CC(=O)N(Cc2ccccc2C)[C@@H](Cc2ccccc2)C(=O)NC(C)(C)C)c2cccc(C)c2)cc1. The second-order valence-corrected chi connectivity index (χ2v) is 14.4. The van der Waals surface area contributed by atoms with Crippen LogP contribution in [-0.4, -0.2) is 43.3 Å². The molecule has 2 amide bonds. The molecule has 0 unspecified atom stereocenters. The molecule has 236 valence electrons. The molecule has 1 N–H and O–H groups in total. The molecule has 4 aromatic carbocycles. The van der Waals surface area contributed by atoms with E-state index in [0.717, 1.165) is 32.1 Å². The lowest BCUT2D eigenvalue weighted by Crippen LogP contribution is -2.56. The topological polar surface area (TPSA) is 86.8 Å². The summed E-state index contributed by atoms with van der Waals surface area (Å²) in [6.07, 6.45) is 0.259. The summed E-state index contributed by atoms with van der Waals surface area (Å²) in [7, 11) is -4.15. The number of benzene rings is 4. The van der Waals surface area contributed by atoms with Crippen molar-refractivity contribution in [2.75, 3.05) is 10.8 Å². The smallest absolute Gasteiger partial charge is 0.264 e. The molecule has 1 atom stereocenters. The Labute approximate surface area is 268 Å². The van der Waals surface area contributed by atoms with E-state index < -0.39 is 34.1 Å². The first-order valence-electron chi connectivity index (χ1n) is 15.1. The molecule has 0 heterocycles.